The minimum absolute atomic E-state index is 0.00190. The number of ether oxygens (including phenoxy) is 2. The van der Waals surface area contributed by atoms with E-state index in [-0.39, 0.29) is 30.1 Å². The summed E-state index contributed by atoms with van der Waals surface area (Å²) in [5, 5.41) is 0. The Kier molecular flexibility index (Phi) is 5.56. The number of hydrogen-bond acceptors (Lipinski definition) is 6. The predicted octanol–water partition coefficient (Wildman–Crippen LogP) is 0.941. The molecule has 1 aliphatic heterocycles. The summed E-state index contributed by atoms with van der Waals surface area (Å²) in [7, 11) is -3.18. The Hall–Kier alpha value is -1.11. The first kappa shape index (κ1) is 16.9. The maximum atomic E-state index is 12.1. The topological polar surface area (TPSA) is 86.7 Å². The lowest BCUT2D eigenvalue weighted by Gasteiger charge is -2.22. The lowest BCUT2D eigenvalue weighted by Crippen LogP contribution is -2.37. The summed E-state index contributed by atoms with van der Waals surface area (Å²) in [6, 6.07) is 0. The van der Waals surface area contributed by atoms with Crippen LogP contribution in [-0.2, 0) is 28.9 Å². The normalized spacial score (nSPS) is 21.4. The highest BCUT2D eigenvalue weighted by molar-refractivity contribution is 7.91. The van der Waals surface area contributed by atoms with Crippen LogP contribution in [0.4, 0.5) is 0 Å². The molecule has 0 aliphatic carbocycles. The van der Waals surface area contributed by atoms with Gasteiger partial charge in [-0.2, -0.15) is 0 Å². The molecule has 1 heterocycles. The van der Waals surface area contributed by atoms with Crippen molar-refractivity contribution >= 4 is 21.8 Å². The summed E-state index contributed by atoms with van der Waals surface area (Å²) >= 11 is 0. The van der Waals surface area contributed by atoms with Crippen LogP contribution >= 0.6 is 0 Å². The fourth-order valence-corrected chi connectivity index (χ4v) is 4.02. The minimum Gasteiger partial charge on any atom is -0.462 e. The zero-order valence-electron chi connectivity index (χ0n) is 12.3. The largest absolute Gasteiger partial charge is 0.462 e. The van der Waals surface area contributed by atoms with Gasteiger partial charge in [0.1, 0.15) is 0 Å². The van der Waals surface area contributed by atoms with Crippen molar-refractivity contribution in [3.63, 3.8) is 0 Å². The van der Waals surface area contributed by atoms with Gasteiger partial charge in [-0.1, -0.05) is 0 Å². The molecule has 0 bridgehead atoms. The van der Waals surface area contributed by atoms with Crippen LogP contribution in [0, 0.1) is 11.8 Å². The number of esters is 2. The third kappa shape index (κ3) is 4.77. The van der Waals surface area contributed by atoms with Gasteiger partial charge >= 0.3 is 11.9 Å². The first-order valence-corrected chi connectivity index (χ1v) is 8.56. The lowest BCUT2D eigenvalue weighted by molar-refractivity contribution is -0.168. The van der Waals surface area contributed by atoms with Gasteiger partial charge in [0.15, 0.2) is 15.8 Å². The van der Waals surface area contributed by atoms with Crippen molar-refractivity contribution in [1.29, 1.82) is 0 Å². The molecule has 6 nitrogen and oxygen atoms in total. The Morgan fingerprint density at radius 3 is 1.75 bits per heavy atom. The molecule has 0 saturated carbocycles. The van der Waals surface area contributed by atoms with Gasteiger partial charge in [0.05, 0.1) is 23.7 Å². The van der Waals surface area contributed by atoms with Crippen molar-refractivity contribution in [2.45, 2.75) is 46.3 Å². The molecule has 1 unspecified atom stereocenters. The molecule has 20 heavy (non-hydrogen) atoms. The average Bonchev–Trinajstić information content (AvgIpc) is 2.56. The van der Waals surface area contributed by atoms with Gasteiger partial charge in [0.2, 0.25) is 0 Å². The number of carbonyl (C=O) groups excluding carboxylic acids is 2. The van der Waals surface area contributed by atoms with Gasteiger partial charge < -0.3 is 9.47 Å². The molecule has 0 amide bonds. The first-order valence-electron chi connectivity index (χ1n) is 6.74. The van der Waals surface area contributed by atoms with Gasteiger partial charge in [-0.3, -0.25) is 9.59 Å². The van der Waals surface area contributed by atoms with E-state index in [9.17, 15) is 18.0 Å². The molecule has 1 atom stereocenters. The van der Waals surface area contributed by atoms with Crippen molar-refractivity contribution in [3.05, 3.63) is 0 Å². The maximum absolute atomic E-state index is 12.1. The fraction of sp³-hybridized carbons (Fsp3) is 0.846. The highest BCUT2D eigenvalue weighted by Crippen LogP contribution is 2.28. The molecular weight excluding hydrogens is 284 g/mol. The molecule has 0 radical (unpaired) electrons. The smallest absolute Gasteiger partial charge is 0.320 e. The molecular formula is C13H22O6S. The third-order valence-corrected chi connectivity index (χ3v) is 4.74. The van der Waals surface area contributed by atoms with Crippen LogP contribution in [0.2, 0.25) is 0 Å². The monoisotopic (exact) mass is 306 g/mol. The van der Waals surface area contributed by atoms with Crippen molar-refractivity contribution in [2.75, 3.05) is 11.5 Å². The summed E-state index contributed by atoms with van der Waals surface area (Å²) in [4.78, 5) is 24.1. The second-order valence-electron chi connectivity index (χ2n) is 5.61. The molecule has 0 aromatic carbocycles. The fourth-order valence-electron chi connectivity index (χ4n) is 2.18. The molecule has 1 rings (SSSR count). The molecule has 1 fully saturated rings. The first-order chi connectivity index (χ1) is 9.12. The Balaban J connectivity index is 2.90. The van der Waals surface area contributed by atoms with Crippen LogP contribution in [0.25, 0.3) is 0 Å². The molecule has 7 heteroatoms. The number of sulfone groups is 1. The van der Waals surface area contributed by atoms with Crippen molar-refractivity contribution in [1.82, 2.24) is 0 Å². The summed E-state index contributed by atoms with van der Waals surface area (Å²) in [5.41, 5.74) is 0. The van der Waals surface area contributed by atoms with Gasteiger partial charge in [-0.25, -0.2) is 8.42 Å². The summed E-state index contributed by atoms with van der Waals surface area (Å²) in [5.74, 6) is -3.29. The highest BCUT2D eigenvalue weighted by atomic mass is 32.2. The van der Waals surface area contributed by atoms with E-state index in [0.717, 1.165) is 0 Å². The minimum atomic E-state index is -3.18. The molecule has 1 saturated heterocycles. The van der Waals surface area contributed by atoms with Gasteiger partial charge in [0, 0.05) is 0 Å². The van der Waals surface area contributed by atoms with Crippen LogP contribution in [0.15, 0.2) is 0 Å². The maximum Gasteiger partial charge on any atom is 0.320 e. The quantitative estimate of drug-likeness (QED) is 0.555. The molecule has 0 spiro atoms. The van der Waals surface area contributed by atoms with E-state index < -0.39 is 33.6 Å². The molecule has 0 aromatic rings. The summed E-state index contributed by atoms with van der Waals surface area (Å²) < 4.78 is 33.2. The van der Waals surface area contributed by atoms with Crippen molar-refractivity contribution in [3.8, 4) is 0 Å². The molecule has 116 valence electrons. The number of carbonyl (C=O) groups is 2. The SMILES string of the molecule is CC(C)OC(=O)C(C(=O)OC(C)C)C1CCS(=O)(=O)C1. The van der Waals surface area contributed by atoms with Crippen LogP contribution in [-0.4, -0.2) is 44.1 Å². The Morgan fingerprint density at radius 2 is 1.45 bits per heavy atom. The molecule has 0 N–H and O–H groups in total. The Labute approximate surface area is 119 Å². The standard InChI is InChI=1S/C13H22O6S/c1-8(2)18-12(14)11(13(15)19-9(3)4)10-5-6-20(16,17)7-10/h8-11H,5-7H2,1-4H3. The number of hydrogen-bond donors (Lipinski definition) is 0. The van der Waals surface area contributed by atoms with E-state index >= 15 is 0 Å². The van der Waals surface area contributed by atoms with Crippen LogP contribution in [0.5, 0.6) is 0 Å². The van der Waals surface area contributed by atoms with E-state index in [1.54, 1.807) is 27.7 Å². The van der Waals surface area contributed by atoms with E-state index in [2.05, 4.69) is 0 Å². The van der Waals surface area contributed by atoms with E-state index in [1.165, 1.54) is 0 Å². The van der Waals surface area contributed by atoms with Crippen molar-refractivity contribution < 1.29 is 27.5 Å². The average molecular weight is 306 g/mol. The number of rotatable bonds is 5. The van der Waals surface area contributed by atoms with Gasteiger partial charge in [-0.05, 0) is 40.0 Å². The highest BCUT2D eigenvalue weighted by Gasteiger charge is 2.43. The summed E-state index contributed by atoms with van der Waals surface area (Å²) in [6.07, 6.45) is -0.447. The van der Waals surface area contributed by atoms with Crippen LogP contribution in [0.1, 0.15) is 34.1 Å². The molecule has 1 aliphatic rings. The van der Waals surface area contributed by atoms with E-state index in [4.69, 9.17) is 9.47 Å². The Morgan fingerprint density at radius 1 is 1.00 bits per heavy atom. The predicted molar refractivity (Wildman–Crippen MR) is 72.7 cm³/mol. The van der Waals surface area contributed by atoms with E-state index in [0.29, 0.717) is 0 Å². The van der Waals surface area contributed by atoms with Gasteiger partial charge in [0.25, 0.3) is 0 Å². The van der Waals surface area contributed by atoms with Crippen LogP contribution < -0.4 is 0 Å². The Bertz CT molecular complexity index is 443. The van der Waals surface area contributed by atoms with E-state index in [1.807, 2.05) is 0 Å². The second kappa shape index (κ2) is 6.56. The third-order valence-electron chi connectivity index (χ3n) is 2.95. The lowest BCUT2D eigenvalue weighted by atomic mass is 9.92. The zero-order chi connectivity index (χ0) is 15.5. The second-order valence-corrected chi connectivity index (χ2v) is 7.84. The molecule has 0 aromatic heterocycles. The van der Waals surface area contributed by atoms with Crippen molar-refractivity contribution in [2.24, 2.45) is 11.8 Å². The van der Waals surface area contributed by atoms with Crippen LogP contribution in [0.3, 0.4) is 0 Å². The summed E-state index contributed by atoms with van der Waals surface area (Å²) in [6.45, 7) is 6.70. The zero-order valence-corrected chi connectivity index (χ0v) is 13.1. The van der Waals surface area contributed by atoms with Gasteiger partial charge in [-0.15, -0.1) is 0 Å².